The molecule has 0 bridgehead atoms. The average Bonchev–Trinajstić information content (AvgIpc) is 3.16. The van der Waals surface area contributed by atoms with E-state index in [4.69, 9.17) is 17.5 Å². The normalized spacial score (nSPS) is 17.7. The van der Waals surface area contributed by atoms with Crippen molar-refractivity contribution in [1.82, 2.24) is 9.78 Å². The van der Waals surface area contributed by atoms with Crippen LogP contribution in [0, 0.1) is 18.3 Å². The summed E-state index contributed by atoms with van der Waals surface area (Å²) in [4.78, 5) is 16.5. The highest BCUT2D eigenvalue weighted by molar-refractivity contribution is 7.81. The first-order chi connectivity index (χ1) is 15.6. The van der Waals surface area contributed by atoms with Gasteiger partial charge in [-0.25, -0.2) is 0 Å². The summed E-state index contributed by atoms with van der Waals surface area (Å²) < 4.78 is 42.4. The largest absolute Gasteiger partial charge is 0.417 e. The first kappa shape index (κ1) is 21.4. The molecule has 5 rings (SSSR count). The number of amides is 1. The van der Waals surface area contributed by atoms with Crippen LogP contribution in [0.5, 0.6) is 0 Å². The van der Waals surface area contributed by atoms with Crippen LogP contribution in [0.4, 0.5) is 24.5 Å². The van der Waals surface area contributed by atoms with E-state index in [-0.39, 0.29) is 16.7 Å². The number of carbonyl (C=O) groups is 1. The maximum atomic E-state index is 13.6. The van der Waals surface area contributed by atoms with Crippen molar-refractivity contribution in [2.24, 2.45) is 7.05 Å². The molecule has 1 aliphatic heterocycles. The summed E-state index contributed by atoms with van der Waals surface area (Å²) in [6.07, 6.45) is -2.82. The number of nitrogens with zero attached hydrogens (tertiary/aromatic N) is 5. The summed E-state index contributed by atoms with van der Waals surface area (Å²) in [5, 5.41) is 14.6. The molecule has 1 amide bonds. The Kier molecular flexibility index (Phi) is 4.55. The van der Waals surface area contributed by atoms with Crippen LogP contribution in [0.2, 0.25) is 0 Å². The molecule has 0 radical (unpaired) electrons. The molecule has 6 nitrogen and oxygen atoms in total. The van der Waals surface area contributed by atoms with Crippen molar-refractivity contribution in [3.05, 3.63) is 53.2 Å². The third-order valence-electron chi connectivity index (χ3n) is 6.56. The number of benzene rings is 2. The summed E-state index contributed by atoms with van der Waals surface area (Å²) in [6, 6.07) is 10.5. The summed E-state index contributed by atoms with van der Waals surface area (Å²) in [7, 11) is 1.84. The molecule has 2 fully saturated rings. The molecule has 33 heavy (non-hydrogen) atoms. The number of hydrogen-bond acceptors (Lipinski definition) is 4. The minimum absolute atomic E-state index is 0.00346. The summed E-state index contributed by atoms with van der Waals surface area (Å²) in [6.45, 7) is 1.89. The fourth-order valence-electron chi connectivity index (χ4n) is 4.78. The van der Waals surface area contributed by atoms with Crippen molar-refractivity contribution in [3.8, 4) is 6.07 Å². The number of aryl methyl sites for hydroxylation is 2. The molecule has 1 saturated carbocycles. The van der Waals surface area contributed by atoms with Crippen LogP contribution >= 0.6 is 12.2 Å². The molecule has 3 aromatic rings. The van der Waals surface area contributed by atoms with Gasteiger partial charge in [-0.3, -0.25) is 14.4 Å². The SMILES string of the molecule is Cc1nn(C)c2ccc(N3C(=S)N(c4ccc(C#N)c(C(F)(F)F)c4)C(=O)C34CCC4)cc12. The van der Waals surface area contributed by atoms with Crippen molar-refractivity contribution in [3.63, 3.8) is 0 Å². The van der Waals surface area contributed by atoms with E-state index >= 15 is 0 Å². The summed E-state index contributed by atoms with van der Waals surface area (Å²) >= 11 is 5.67. The topological polar surface area (TPSA) is 65.2 Å². The molecule has 1 spiro atoms. The van der Waals surface area contributed by atoms with E-state index in [1.165, 1.54) is 11.0 Å². The number of hydrogen-bond donors (Lipinski definition) is 0. The zero-order valence-corrected chi connectivity index (χ0v) is 18.6. The highest BCUT2D eigenvalue weighted by Crippen LogP contribution is 2.48. The number of rotatable bonds is 2. The number of alkyl halides is 3. The summed E-state index contributed by atoms with van der Waals surface area (Å²) in [5.41, 5.74) is -0.0651. The first-order valence-electron chi connectivity index (χ1n) is 10.3. The highest BCUT2D eigenvalue weighted by atomic mass is 32.1. The maximum Gasteiger partial charge on any atom is 0.417 e. The van der Waals surface area contributed by atoms with E-state index in [0.29, 0.717) is 18.5 Å². The number of anilines is 2. The molecular formula is C23H18F3N5OS. The van der Waals surface area contributed by atoms with E-state index < -0.39 is 22.8 Å². The van der Waals surface area contributed by atoms with Crippen LogP contribution < -0.4 is 9.80 Å². The minimum Gasteiger partial charge on any atom is -0.303 e. The molecule has 1 saturated heterocycles. The zero-order valence-electron chi connectivity index (χ0n) is 17.8. The monoisotopic (exact) mass is 469 g/mol. The molecule has 1 aliphatic carbocycles. The second-order valence-electron chi connectivity index (χ2n) is 8.39. The second kappa shape index (κ2) is 7.02. The molecule has 0 N–H and O–H groups in total. The third kappa shape index (κ3) is 2.95. The van der Waals surface area contributed by atoms with Crippen LogP contribution in [0.1, 0.15) is 36.1 Å². The zero-order chi connectivity index (χ0) is 23.7. The Bertz CT molecular complexity index is 1380. The lowest BCUT2D eigenvalue weighted by atomic mass is 9.75. The lowest BCUT2D eigenvalue weighted by molar-refractivity contribution is -0.137. The van der Waals surface area contributed by atoms with E-state index in [1.807, 2.05) is 32.2 Å². The van der Waals surface area contributed by atoms with Gasteiger partial charge in [0.2, 0.25) is 0 Å². The molecule has 2 aromatic carbocycles. The smallest absolute Gasteiger partial charge is 0.303 e. The van der Waals surface area contributed by atoms with Crippen LogP contribution in [0.15, 0.2) is 36.4 Å². The van der Waals surface area contributed by atoms with Gasteiger partial charge in [0.1, 0.15) is 5.54 Å². The average molecular weight is 469 g/mol. The summed E-state index contributed by atoms with van der Waals surface area (Å²) in [5.74, 6) is -0.348. The predicted molar refractivity (Wildman–Crippen MR) is 121 cm³/mol. The van der Waals surface area contributed by atoms with Crippen molar-refractivity contribution in [1.29, 1.82) is 5.26 Å². The Labute approximate surface area is 192 Å². The molecule has 0 atom stereocenters. The van der Waals surface area contributed by atoms with E-state index in [2.05, 4.69) is 5.10 Å². The van der Waals surface area contributed by atoms with Gasteiger partial charge in [0.15, 0.2) is 5.11 Å². The van der Waals surface area contributed by atoms with Crippen LogP contribution in [0.25, 0.3) is 10.9 Å². The van der Waals surface area contributed by atoms with Gasteiger partial charge in [0.25, 0.3) is 5.91 Å². The number of aromatic nitrogens is 2. The third-order valence-corrected chi connectivity index (χ3v) is 6.92. The van der Waals surface area contributed by atoms with Crippen molar-refractivity contribution < 1.29 is 18.0 Å². The van der Waals surface area contributed by atoms with Crippen molar-refractivity contribution in [2.45, 2.75) is 37.9 Å². The van der Waals surface area contributed by atoms with Crippen LogP contribution in [0.3, 0.4) is 0 Å². The highest BCUT2D eigenvalue weighted by Gasteiger charge is 2.59. The van der Waals surface area contributed by atoms with E-state index in [0.717, 1.165) is 35.2 Å². The van der Waals surface area contributed by atoms with Gasteiger partial charge < -0.3 is 4.90 Å². The standard InChI is InChI=1S/C23H18F3N5OS/c1-13-17-10-16(6-7-19(17)29(2)28-13)31-21(33)30(20(32)22(31)8-3-9-22)15-5-4-14(12-27)18(11-15)23(24,25)26/h4-7,10-11H,3,8-9H2,1-2H3. The van der Waals surface area contributed by atoms with Crippen LogP contribution in [-0.4, -0.2) is 26.3 Å². The molecule has 168 valence electrons. The fourth-order valence-corrected chi connectivity index (χ4v) is 5.25. The van der Waals surface area contributed by atoms with E-state index in [9.17, 15) is 18.0 Å². The van der Waals surface area contributed by atoms with Gasteiger partial charge in [-0.05, 0) is 74.8 Å². The predicted octanol–water partition coefficient (Wildman–Crippen LogP) is 4.83. The first-order valence-corrected chi connectivity index (χ1v) is 10.7. The number of carbonyl (C=O) groups excluding carboxylic acids is 1. The number of nitriles is 1. The minimum atomic E-state index is -4.73. The molecule has 10 heteroatoms. The Hall–Kier alpha value is -3.45. The van der Waals surface area contributed by atoms with Crippen molar-refractivity contribution in [2.75, 3.05) is 9.80 Å². The quantitative estimate of drug-likeness (QED) is 0.503. The van der Waals surface area contributed by atoms with Gasteiger partial charge in [-0.1, -0.05) is 0 Å². The number of fused-ring (bicyclic) bond motifs is 1. The Morgan fingerprint density at radius 3 is 2.45 bits per heavy atom. The molecule has 2 aliphatic rings. The van der Waals surface area contributed by atoms with Gasteiger partial charge >= 0.3 is 6.18 Å². The molecule has 1 aromatic heterocycles. The lowest BCUT2D eigenvalue weighted by Gasteiger charge is -2.43. The number of halogens is 3. The Balaban J connectivity index is 1.64. The molecular weight excluding hydrogens is 451 g/mol. The van der Waals surface area contributed by atoms with Crippen LogP contribution in [-0.2, 0) is 18.0 Å². The lowest BCUT2D eigenvalue weighted by Crippen LogP contribution is -2.55. The Morgan fingerprint density at radius 2 is 1.85 bits per heavy atom. The second-order valence-corrected chi connectivity index (χ2v) is 8.76. The van der Waals surface area contributed by atoms with Gasteiger partial charge in [-0.15, -0.1) is 0 Å². The molecule has 0 unspecified atom stereocenters. The van der Waals surface area contributed by atoms with Gasteiger partial charge in [0.05, 0.1) is 34.1 Å². The van der Waals surface area contributed by atoms with E-state index in [1.54, 1.807) is 15.7 Å². The Morgan fingerprint density at radius 1 is 1.15 bits per heavy atom. The van der Waals surface area contributed by atoms with Crippen molar-refractivity contribution >= 4 is 45.5 Å². The maximum absolute atomic E-state index is 13.6. The van der Waals surface area contributed by atoms with Gasteiger partial charge in [0, 0.05) is 18.1 Å². The van der Waals surface area contributed by atoms with Gasteiger partial charge in [-0.2, -0.15) is 23.5 Å². The fraction of sp³-hybridized carbons (Fsp3) is 0.304. The molecule has 2 heterocycles. The number of thiocarbonyl (C=S) groups is 1.